The number of hydrogen-bond donors (Lipinski definition) is 1. The van der Waals surface area contributed by atoms with Gasteiger partial charge in [-0.25, -0.2) is 12.8 Å². The maximum Gasteiger partial charge on any atom is 0.178 e. The number of nitrogen functional groups attached to an aromatic ring is 1. The molecule has 0 aromatic heterocycles. The van der Waals surface area contributed by atoms with Crippen molar-refractivity contribution in [3.63, 3.8) is 0 Å². The third-order valence-electron chi connectivity index (χ3n) is 2.76. The third kappa shape index (κ3) is 3.08. The van der Waals surface area contributed by atoms with E-state index in [4.69, 9.17) is 10.5 Å². The summed E-state index contributed by atoms with van der Waals surface area (Å²) in [6.45, 7) is 1.56. The van der Waals surface area contributed by atoms with Gasteiger partial charge in [-0.05, 0) is 42.5 Å². The van der Waals surface area contributed by atoms with Gasteiger partial charge < -0.3 is 10.5 Å². The van der Waals surface area contributed by atoms with Gasteiger partial charge in [0.25, 0.3) is 0 Å². The van der Waals surface area contributed by atoms with Crippen LogP contribution >= 0.6 is 0 Å². The molecule has 0 fully saturated rings. The lowest BCUT2D eigenvalue weighted by molar-refractivity contribution is 0.482. The van der Waals surface area contributed by atoms with Crippen LogP contribution in [0.4, 0.5) is 10.1 Å². The van der Waals surface area contributed by atoms with Crippen LogP contribution in [0.3, 0.4) is 0 Å². The lowest BCUT2D eigenvalue weighted by Gasteiger charge is -2.10. The van der Waals surface area contributed by atoms with E-state index in [2.05, 4.69) is 0 Å². The van der Waals surface area contributed by atoms with Crippen LogP contribution in [0.15, 0.2) is 47.4 Å². The summed E-state index contributed by atoms with van der Waals surface area (Å²) in [5, 5.41) is 0. The molecule has 106 valence electrons. The molecule has 0 unspecified atom stereocenters. The second-order valence-electron chi connectivity index (χ2n) is 4.16. The van der Waals surface area contributed by atoms with E-state index in [1.807, 2.05) is 0 Å². The quantitative estimate of drug-likeness (QED) is 0.880. The molecule has 0 saturated carbocycles. The highest BCUT2D eigenvalue weighted by molar-refractivity contribution is 7.91. The minimum absolute atomic E-state index is 0.00457. The molecule has 0 aliphatic rings. The maximum absolute atomic E-state index is 12.8. The van der Waals surface area contributed by atoms with Crippen molar-refractivity contribution in [1.82, 2.24) is 0 Å². The van der Waals surface area contributed by atoms with E-state index in [0.29, 0.717) is 11.5 Å². The van der Waals surface area contributed by atoms with E-state index >= 15 is 0 Å². The van der Waals surface area contributed by atoms with Crippen molar-refractivity contribution < 1.29 is 17.5 Å². The molecular formula is C14H14FNO3S. The average Bonchev–Trinajstić information content (AvgIpc) is 2.43. The van der Waals surface area contributed by atoms with Crippen molar-refractivity contribution >= 4 is 15.5 Å². The van der Waals surface area contributed by atoms with Gasteiger partial charge in [-0.1, -0.05) is 6.92 Å². The summed E-state index contributed by atoms with van der Waals surface area (Å²) in [5.74, 6) is 0.385. The molecule has 0 radical (unpaired) electrons. The fraction of sp³-hybridized carbons (Fsp3) is 0.143. The molecule has 0 amide bonds. The lowest BCUT2D eigenvalue weighted by atomic mass is 10.3. The summed E-state index contributed by atoms with van der Waals surface area (Å²) in [4.78, 5) is 0.156. The first-order chi connectivity index (χ1) is 9.42. The van der Waals surface area contributed by atoms with Crippen molar-refractivity contribution in [3.05, 3.63) is 48.3 Å². The Labute approximate surface area is 116 Å². The zero-order valence-corrected chi connectivity index (χ0v) is 11.7. The molecule has 2 rings (SSSR count). The molecule has 0 aliphatic heterocycles. The van der Waals surface area contributed by atoms with Crippen LogP contribution in [0, 0.1) is 5.82 Å². The van der Waals surface area contributed by atoms with E-state index in [0.717, 1.165) is 0 Å². The number of ether oxygens (including phenoxy) is 1. The molecule has 0 heterocycles. The van der Waals surface area contributed by atoms with E-state index in [9.17, 15) is 12.8 Å². The Morgan fingerprint density at radius 3 is 2.35 bits per heavy atom. The molecular weight excluding hydrogens is 281 g/mol. The first-order valence-electron chi connectivity index (χ1n) is 5.98. The van der Waals surface area contributed by atoms with Crippen molar-refractivity contribution in [2.24, 2.45) is 0 Å². The van der Waals surface area contributed by atoms with Gasteiger partial charge in [0.2, 0.25) is 0 Å². The first kappa shape index (κ1) is 14.3. The maximum atomic E-state index is 12.8. The van der Waals surface area contributed by atoms with Gasteiger partial charge in [-0.15, -0.1) is 0 Å². The van der Waals surface area contributed by atoms with Crippen LogP contribution in [0.25, 0.3) is 0 Å². The number of benzene rings is 2. The molecule has 4 nitrogen and oxygen atoms in total. The van der Waals surface area contributed by atoms with E-state index in [-0.39, 0.29) is 22.2 Å². The Kier molecular flexibility index (Phi) is 3.94. The molecule has 0 spiro atoms. The average molecular weight is 295 g/mol. The molecule has 2 aromatic rings. The second-order valence-corrected chi connectivity index (χ2v) is 6.44. The first-order valence-corrected chi connectivity index (χ1v) is 7.63. The number of halogens is 1. The van der Waals surface area contributed by atoms with Crippen LogP contribution in [-0.4, -0.2) is 14.2 Å². The van der Waals surface area contributed by atoms with E-state index in [1.165, 1.54) is 42.5 Å². The van der Waals surface area contributed by atoms with Gasteiger partial charge in [0.05, 0.1) is 16.3 Å². The third-order valence-corrected chi connectivity index (χ3v) is 4.49. The van der Waals surface area contributed by atoms with Crippen LogP contribution < -0.4 is 10.5 Å². The molecule has 6 heteroatoms. The van der Waals surface area contributed by atoms with Gasteiger partial charge >= 0.3 is 0 Å². The predicted molar refractivity (Wildman–Crippen MR) is 75.1 cm³/mol. The van der Waals surface area contributed by atoms with E-state index in [1.54, 1.807) is 6.92 Å². The van der Waals surface area contributed by atoms with Gasteiger partial charge in [0.1, 0.15) is 17.3 Å². The topological polar surface area (TPSA) is 69.4 Å². The number of hydrogen-bond acceptors (Lipinski definition) is 4. The SMILES string of the molecule is CCS(=O)(=O)c1ccc(Oc2ccc(F)cc2)c(N)c1. The zero-order chi connectivity index (χ0) is 14.8. The Balaban J connectivity index is 2.29. The Bertz CT molecular complexity index is 712. The van der Waals surface area contributed by atoms with Gasteiger partial charge in [-0.3, -0.25) is 0 Å². The van der Waals surface area contributed by atoms with Crippen molar-refractivity contribution in [1.29, 1.82) is 0 Å². The summed E-state index contributed by atoms with van der Waals surface area (Å²) in [6.07, 6.45) is 0. The van der Waals surface area contributed by atoms with Crippen molar-refractivity contribution in [2.75, 3.05) is 11.5 Å². The Morgan fingerprint density at radius 1 is 1.15 bits per heavy atom. The molecule has 2 aromatic carbocycles. The summed E-state index contributed by atoms with van der Waals surface area (Å²) >= 11 is 0. The number of rotatable bonds is 4. The monoisotopic (exact) mass is 295 g/mol. The minimum atomic E-state index is -3.30. The highest BCUT2D eigenvalue weighted by atomic mass is 32.2. The summed E-state index contributed by atoms with van der Waals surface area (Å²) in [6, 6.07) is 9.74. The Hall–Kier alpha value is -2.08. The molecule has 0 saturated heterocycles. The van der Waals surface area contributed by atoms with Crippen LogP contribution in [0.2, 0.25) is 0 Å². The normalized spacial score (nSPS) is 11.3. The lowest BCUT2D eigenvalue weighted by Crippen LogP contribution is -2.04. The van der Waals surface area contributed by atoms with Crippen molar-refractivity contribution in [2.45, 2.75) is 11.8 Å². The molecule has 0 atom stereocenters. The molecule has 0 bridgehead atoms. The van der Waals surface area contributed by atoms with Crippen LogP contribution in [0.5, 0.6) is 11.5 Å². The number of nitrogens with two attached hydrogens (primary N) is 1. The van der Waals surface area contributed by atoms with Crippen LogP contribution in [0.1, 0.15) is 6.92 Å². The standard InChI is InChI=1S/C14H14FNO3S/c1-2-20(17,18)12-7-8-14(13(16)9-12)19-11-5-3-10(15)4-6-11/h3-9H,2,16H2,1H3. The molecule has 20 heavy (non-hydrogen) atoms. The predicted octanol–water partition coefficient (Wildman–Crippen LogP) is 2.99. The minimum Gasteiger partial charge on any atom is -0.455 e. The highest BCUT2D eigenvalue weighted by Gasteiger charge is 2.13. The number of sulfone groups is 1. The largest absolute Gasteiger partial charge is 0.455 e. The summed E-state index contributed by atoms with van der Waals surface area (Å²) < 4.78 is 41.7. The Morgan fingerprint density at radius 2 is 1.80 bits per heavy atom. The molecule has 0 aliphatic carbocycles. The summed E-state index contributed by atoms with van der Waals surface area (Å²) in [7, 11) is -3.30. The summed E-state index contributed by atoms with van der Waals surface area (Å²) in [5.41, 5.74) is 6.00. The fourth-order valence-corrected chi connectivity index (χ4v) is 2.52. The van der Waals surface area contributed by atoms with Crippen molar-refractivity contribution in [3.8, 4) is 11.5 Å². The zero-order valence-electron chi connectivity index (χ0n) is 10.8. The van der Waals surface area contributed by atoms with Gasteiger partial charge in [0.15, 0.2) is 9.84 Å². The van der Waals surface area contributed by atoms with E-state index < -0.39 is 9.84 Å². The molecule has 2 N–H and O–H groups in total. The highest BCUT2D eigenvalue weighted by Crippen LogP contribution is 2.29. The smallest absolute Gasteiger partial charge is 0.178 e. The second kappa shape index (κ2) is 5.50. The van der Waals surface area contributed by atoms with Crippen LogP contribution in [-0.2, 0) is 9.84 Å². The fourth-order valence-electron chi connectivity index (χ4n) is 1.61. The van der Waals surface area contributed by atoms with Gasteiger partial charge in [-0.2, -0.15) is 0 Å². The van der Waals surface area contributed by atoms with Gasteiger partial charge in [0, 0.05) is 0 Å². The number of anilines is 1.